The number of likely N-dealkylation sites (N-methyl/N-ethyl adjacent to an activating group) is 1. The Balaban J connectivity index is 2.15. The number of nitrogens with zero attached hydrogens (tertiary/aromatic N) is 2. The van der Waals surface area contributed by atoms with E-state index in [4.69, 9.17) is 11.6 Å². The molecule has 0 fully saturated rings. The van der Waals surface area contributed by atoms with E-state index in [1.54, 1.807) is 0 Å². The minimum Gasteiger partial charge on any atom is -0.306 e. The topological polar surface area (TPSA) is 33.2 Å². The molecule has 1 aromatic rings. The molecular formula is C12H17ClN2O. The average Bonchev–Trinajstić information content (AvgIpc) is 2.27. The second-order valence-electron chi connectivity index (χ2n) is 3.87. The van der Waals surface area contributed by atoms with Gasteiger partial charge in [0.25, 0.3) is 0 Å². The molecule has 1 aromatic heterocycles. The highest BCUT2D eigenvalue weighted by atomic mass is 35.5. The molecule has 3 nitrogen and oxygen atoms in total. The highest BCUT2D eigenvalue weighted by Gasteiger charge is 2.01. The van der Waals surface area contributed by atoms with E-state index in [0.717, 1.165) is 25.9 Å². The number of hydrogen-bond donors (Lipinski definition) is 0. The molecule has 0 spiro atoms. The lowest BCUT2D eigenvalue weighted by atomic mass is 10.2. The van der Waals surface area contributed by atoms with Gasteiger partial charge in [0, 0.05) is 25.4 Å². The molecule has 1 rings (SSSR count). The smallest absolute Gasteiger partial charge is 0.221 e. The summed E-state index contributed by atoms with van der Waals surface area (Å²) in [5, 5.41) is -0.248. The molecule has 0 saturated carbocycles. The summed E-state index contributed by atoms with van der Waals surface area (Å²) in [4.78, 5) is 16.7. The monoisotopic (exact) mass is 240 g/mol. The van der Waals surface area contributed by atoms with E-state index in [2.05, 4.69) is 16.9 Å². The summed E-state index contributed by atoms with van der Waals surface area (Å²) in [7, 11) is 2.06. The zero-order chi connectivity index (χ0) is 11.8. The van der Waals surface area contributed by atoms with E-state index in [1.165, 1.54) is 5.56 Å². The van der Waals surface area contributed by atoms with Crippen molar-refractivity contribution in [3.63, 3.8) is 0 Å². The SMILES string of the molecule is CN(CCCC(=O)Cl)CCc1ccncc1. The van der Waals surface area contributed by atoms with Gasteiger partial charge >= 0.3 is 0 Å². The lowest BCUT2D eigenvalue weighted by molar-refractivity contribution is -0.111. The van der Waals surface area contributed by atoms with Crippen molar-refractivity contribution in [3.05, 3.63) is 30.1 Å². The van der Waals surface area contributed by atoms with Crippen LogP contribution in [-0.4, -0.2) is 35.3 Å². The quantitative estimate of drug-likeness (QED) is 0.685. The summed E-state index contributed by atoms with van der Waals surface area (Å²) < 4.78 is 0. The van der Waals surface area contributed by atoms with Crippen LogP contribution in [0.15, 0.2) is 24.5 Å². The average molecular weight is 241 g/mol. The molecule has 16 heavy (non-hydrogen) atoms. The molecule has 1 heterocycles. The molecule has 0 aliphatic heterocycles. The minimum absolute atomic E-state index is 0.248. The standard InChI is InChI=1S/C12H17ClN2O/c1-15(9-2-3-12(13)16)10-6-11-4-7-14-8-5-11/h4-5,7-8H,2-3,6,9-10H2,1H3. The molecule has 0 aliphatic rings. The number of halogens is 1. The van der Waals surface area contributed by atoms with E-state index in [9.17, 15) is 4.79 Å². The van der Waals surface area contributed by atoms with Crippen LogP contribution in [0, 0.1) is 0 Å². The van der Waals surface area contributed by atoms with Crippen LogP contribution in [0.5, 0.6) is 0 Å². The molecule has 0 atom stereocenters. The Morgan fingerprint density at radius 3 is 2.69 bits per heavy atom. The van der Waals surface area contributed by atoms with Gasteiger partial charge in [0.05, 0.1) is 0 Å². The van der Waals surface area contributed by atoms with Gasteiger partial charge in [0.2, 0.25) is 5.24 Å². The fourth-order valence-electron chi connectivity index (χ4n) is 1.47. The van der Waals surface area contributed by atoms with Crippen molar-refractivity contribution < 1.29 is 4.79 Å². The van der Waals surface area contributed by atoms with Crippen molar-refractivity contribution in [2.24, 2.45) is 0 Å². The summed E-state index contributed by atoms with van der Waals surface area (Å²) in [6.07, 6.45) is 5.91. The second-order valence-corrected chi connectivity index (χ2v) is 4.29. The maximum atomic E-state index is 10.5. The van der Waals surface area contributed by atoms with E-state index in [-0.39, 0.29) is 5.24 Å². The van der Waals surface area contributed by atoms with Gasteiger partial charge in [-0.2, -0.15) is 0 Å². The summed E-state index contributed by atoms with van der Waals surface area (Å²) >= 11 is 5.27. The first-order valence-electron chi connectivity index (χ1n) is 5.44. The molecule has 0 radical (unpaired) electrons. The van der Waals surface area contributed by atoms with Gasteiger partial charge in [-0.05, 0) is 55.7 Å². The Morgan fingerprint density at radius 1 is 1.38 bits per heavy atom. The van der Waals surface area contributed by atoms with Gasteiger partial charge in [-0.25, -0.2) is 0 Å². The van der Waals surface area contributed by atoms with Crippen LogP contribution < -0.4 is 0 Å². The Hall–Kier alpha value is -0.930. The van der Waals surface area contributed by atoms with Crippen molar-refractivity contribution in [2.75, 3.05) is 20.1 Å². The third-order valence-electron chi connectivity index (χ3n) is 2.44. The zero-order valence-electron chi connectivity index (χ0n) is 9.53. The lowest BCUT2D eigenvalue weighted by Crippen LogP contribution is -2.22. The fourth-order valence-corrected chi connectivity index (χ4v) is 1.60. The van der Waals surface area contributed by atoms with Gasteiger partial charge in [-0.1, -0.05) is 0 Å². The van der Waals surface area contributed by atoms with Crippen LogP contribution in [0.3, 0.4) is 0 Å². The van der Waals surface area contributed by atoms with Gasteiger partial charge in [-0.15, -0.1) is 0 Å². The molecule has 0 saturated heterocycles. The Bertz CT molecular complexity index is 316. The Kier molecular flexibility index (Phi) is 6.04. The van der Waals surface area contributed by atoms with Gasteiger partial charge in [0.15, 0.2) is 0 Å². The Labute approximate surface area is 101 Å². The third-order valence-corrected chi connectivity index (χ3v) is 2.63. The largest absolute Gasteiger partial charge is 0.306 e. The summed E-state index contributed by atoms with van der Waals surface area (Å²) in [6, 6.07) is 4.05. The van der Waals surface area contributed by atoms with E-state index in [1.807, 2.05) is 24.5 Å². The molecule has 0 amide bonds. The highest BCUT2D eigenvalue weighted by Crippen LogP contribution is 2.01. The van der Waals surface area contributed by atoms with Gasteiger partial charge in [0.1, 0.15) is 0 Å². The van der Waals surface area contributed by atoms with Crippen LogP contribution in [-0.2, 0) is 11.2 Å². The first kappa shape index (κ1) is 13.1. The molecule has 0 unspecified atom stereocenters. The molecule has 88 valence electrons. The number of carbonyl (C=O) groups is 1. The predicted octanol–water partition coefficient (Wildman–Crippen LogP) is 2.10. The maximum Gasteiger partial charge on any atom is 0.221 e. The van der Waals surface area contributed by atoms with Crippen LogP contribution in [0.1, 0.15) is 18.4 Å². The molecular weight excluding hydrogens is 224 g/mol. The lowest BCUT2D eigenvalue weighted by Gasteiger charge is -2.15. The van der Waals surface area contributed by atoms with Gasteiger partial charge < -0.3 is 4.90 Å². The van der Waals surface area contributed by atoms with Crippen molar-refractivity contribution in [1.29, 1.82) is 0 Å². The third kappa shape index (κ3) is 5.83. The molecule has 0 bridgehead atoms. The maximum absolute atomic E-state index is 10.5. The van der Waals surface area contributed by atoms with Crippen molar-refractivity contribution in [2.45, 2.75) is 19.3 Å². The molecule has 0 aromatic carbocycles. The van der Waals surface area contributed by atoms with E-state index < -0.39 is 0 Å². The molecule has 4 heteroatoms. The highest BCUT2D eigenvalue weighted by molar-refractivity contribution is 6.63. The second kappa shape index (κ2) is 7.36. The van der Waals surface area contributed by atoms with Crippen LogP contribution in [0.4, 0.5) is 0 Å². The van der Waals surface area contributed by atoms with Crippen LogP contribution >= 0.6 is 11.6 Å². The number of pyridine rings is 1. The number of aromatic nitrogens is 1. The number of rotatable bonds is 7. The first-order valence-corrected chi connectivity index (χ1v) is 5.82. The molecule has 0 N–H and O–H groups in total. The van der Waals surface area contributed by atoms with Gasteiger partial charge in [-0.3, -0.25) is 9.78 Å². The van der Waals surface area contributed by atoms with Crippen molar-refractivity contribution in [1.82, 2.24) is 9.88 Å². The number of hydrogen-bond acceptors (Lipinski definition) is 3. The minimum atomic E-state index is -0.248. The molecule has 0 aliphatic carbocycles. The van der Waals surface area contributed by atoms with Crippen molar-refractivity contribution >= 4 is 16.8 Å². The summed E-state index contributed by atoms with van der Waals surface area (Å²) in [5.74, 6) is 0. The summed E-state index contributed by atoms with van der Waals surface area (Å²) in [6.45, 7) is 1.89. The fraction of sp³-hybridized carbons (Fsp3) is 0.500. The number of carbonyl (C=O) groups excluding carboxylic acids is 1. The van der Waals surface area contributed by atoms with E-state index >= 15 is 0 Å². The van der Waals surface area contributed by atoms with Crippen LogP contribution in [0.2, 0.25) is 0 Å². The zero-order valence-corrected chi connectivity index (χ0v) is 10.3. The predicted molar refractivity (Wildman–Crippen MR) is 65.5 cm³/mol. The first-order chi connectivity index (χ1) is 7.68. The van der Waals surface area contributed by atoms with Crippen LogP contribution in [0.25, 0.3) is 0 Å². The normalized spacial score (nSPS) is 10.7. The van der Waals surface area contributed by atoms with Crippen molar-refractivity contribution in [3.8, 4) is 0 Å². The summed E-state index contributed by atoms with van der Waals surface area (Å²) in [5.41, 5.74) is 1.29. The van der Waals surface area contributed by atoms with E-state index in [0.29, 0.717) is 6.42 Å². The Morgan fingerprint density at radius 2 is 2.06 bits per heavy atom.